The number of esters is 1. The Morgan fingerprint density at radius 2 is 1.56 bits per heavy atom. The minimum atomic E-state index is -0.234. The van der Waals surface area contributed by atoms with E-state index in [1.807, 2.05) is 30.3 Å². The van der Waals surface area contributed by atoms with Gasteiger partial charge in [-0.15, -0.1) is 0 Å². The number of quaternary nitrogens is 1. The van der Waals surface area contributed by atoms with Crippen molar-refractivity contribution in [2.24, 2.45) is 0 Å². The average Bonchev–Trinajstić information content (AvgIpc) is 3.28. The lowest BCUT2D eigenvalue weighted by Crippen LogP contribution is -2.48. The van der Waals surface area contributed by atoms with Gasteiger partial charge in [-0.1, -0.05) is 87.9 Å². The summed E-state index contributed by atoms with van der Waals surface area (Å²) in [7, 11) is 0. The Bertz CT molecular complexity index is 846. The number of hydrogen-bond donors (Lipinski definition) is 0. The molecule has 0 saturated carbocycles. The Balaban J connectivity index is 1.39. The SMILES string of the molecule is CCCCCCCCCC[N+]1(CCOC(=O)/C=C/c2cccc3ccccc23)CCCC1. The number of nitrogens with zero attached hydrogens (tertiary/aromatic N) is 1. The van der Waals surface area contributed by atoms with Gasteiger partial charge in [0, 0.05) is 18.9 Å². The third-order valence-electron chi connectivity index (χ3n) is 7.03. The number of benzene rings is 2. The Kier molecular flexibility index (Phi) is 10.3. The fraction of sp³-hybridized carbons (Fsp3) is 0.552. The van der Waals surface area contributed by atoms with Gasteiger partial charge in [-0.25, -0.2) is 4.79 Å². The van der Waals surface area contributed by atoms with Crippen molar-refractivity contribution in [3.05, 3.63) is 54.1 Å². The number of carbonyl (C=O) groups is 1. The number of likely N-dealkylation sites (tertiary alicyclic amines) is 1. The molecule has 1 saturated heterocycles. The summed E-state index contributed by atoms with van der Waals surface area (Å²) in [4.78, 5) is 12.3. The van der Waals surface area contributed by atoms with E-state index in [4.69, 9.17) is 4.74 Å². The molecule has 174 valence electrons. The number of hydrogen-bond acceptors (Lipinski definition) is 2. The van der Waals surface area contributed by atoms with Crippen molar-refractivity contribution in [1.82, 2.24) is 0 Å². The first-order valence-corrected chi connectivity index (χ1v) is 12.9. The summed E-state index contributed by atoms with van der Waals surface area (Å²) in [5.74, 6) is -0.234. The van der Waals surface area contributed by atoms with E-state index in [0.29, 0.717) is 6.61 Å². The topological polar surface area (TPSA) is 26.3 Å². The highest BCUT2D eigenvalue weighted by molar-refractivity contribution is 5.94. The zero-order chi connectivity index (χ0) is 22.5. The van der Waals surface area contributed by atoms with Crippen LogP contribution < -0.4 is 0 Å². The number of carbonyl (C=O) groups excluding carboxylic acids is 1. The maximum absolute atomic E-state index is 12.3. The Hall–Kier alpha value is -2.13. The molecule has 3 heteroatoms. The van der Waals surface area contributed by atoms with Gasteiger partial charge < -0.3 is 9.22 Å². The van der Waals surface area contributed by atoms with E-state index in [2.05, 4.69) is 25.1 Å². The first-order valence-electron chi connectivity index (χ1n) is 12.9. The highest BCUT2D eigenvalue weighted by Gasteiger charge is 2.31. The van der Waals surface area contributed by atoms with Crippen LogP contribution in [0.5, 0.6) is 0 Å². The van der Waals surface area contributed by atoms with Crippen LogP contribution in [0.1, 0.15) is 76.7 Å². The normalized spacial score (nSPS) is 15.5. The van der Waals surface area contributed by atoms with Crippen molar-refractivity contribution in [3.8, 4) is 0 Å². The van der Waals surface area contributed by atoms with Crippen LogP contribution in [-0.2, 0) is 9.53 Å². The number of rotatable bonds is 14. The number of ether oxygens (including phenoxy) is 1. The molecule has 0 atom stereocenters. The summed E-state index contributed by atoms with van der Waals surface area (Å²) < 4.78 is 6.75. The zero-order valence-electron chi connectivity index (χ0n) is 20.1. The van der Waals surface area contributed by atoms with Gasteiger partial charge in [0.15, 0.2) is 0 Å². The minimum absolute atomic E-state index is 0.234. The van der Waals surface area contributed by atoms with Crippen molar-refractivity contribution in [2.45, 2.75) is 71.1 Å². The molecule has 0 aromatic heterocycles. The molecular weight excluding hydrogens is 394 g/mol. The van der Waals surface area contributed by atoms with E-state index in [9.17, 15) is 4.79 Å². The van der Waals surface area contributed by atoms with E-state index < -0.39 is 0 Å². The molecule has 32 heavy (non-hydrogen) atoms. The molecule has 0 spiro atoms. The van der Waals surface area contributed by atoms with E-state index in [-0.39, 0.29) is 5.97 Å². The lowest BCUT2D eigenvalue weighted by atomic mass is 10.0. The van der Waals surface area contributed by atoms with Crippen LogP contribution in [0.25, 0.3) is 16.8 Å². The molecular formula is C29H42NO2+. The average molecular weight is 437 g/mol. The molecule has 0 N–H and O–H groups in total. The standard InChI is InChI=1S/C29H42NO2/c1-2-3-4-5-6-7-8-11-21-30(22-12-13-23-30)24-25-32-29(31)20-19-27-17-14-16-26-15-9-10-18-28(26)27/h9-10,14-20H,2-8,11-13,21-25H2,1H3/q+1/b20-19+. The summed E-state index contributed by atoms with van der Waals surface area (Å²) in [6.07, 6.45) is 17.0. The van der Waals surface area contributed by atoms with Crippen LogP contribution in [0.15, 0.2) is 48.5 Å². The van der Waals surface area contributed by atoms with Crippen LogP contribution in [0.4, 0.5) is 0 Å². The van der Waals surface area contributed by atoms with Crippen LogP contribution in [0, 0.1) is 0 Å². The smallest absolute Gasteiger partial charge is 0.330 e. The largest absolute Gasteiger partial charge is 0.457 e. The zero-order valence-corrected chi connectivity index (χ0v) is 20.1. The second-order valence-corrected chi connectivity index (χ2v) is 9.49. The molecule has 1 aliphatic rings. The van der Waals surface area contributed by atoms with Crippen LogP contribution in [0.2, 0.25) is 0 Å². The number of unbranched alkanes of at least 4 members (excludes halogenated alkanes) is 7. The van der Waals surface area contributed by atoms with Crippen molar-refractivity contribution < 1.29 is 14.0 Å². The molecule has 1 heterocycles. The van der Waals surface area contributed by atoms with Gasteiger partial charge in [-0.3, -0.25) is 0 Å². The fourth-order valence-corrected chi connectivity index (χ4v) is 5.09. The molecule has 0 radical (unpaired) electrons. The van der Waals surface area contributed by atoms with Gasteiger partial charge in [0.2, 0.25) is 0 Å². The second kappa shape index (κ2) is 13.4. The Morgan fingerprint density at radius 1 is 0.875 bits per heavy atom. The second-order valence-electron chi connectivity index (χ2n) is 9.49. The van der Waals surface area contributed by atoms with Crippen LogP contribution in [0.3, 0.4) is 0 Å². The van der Waals surface area contributed by atoms with Crippen molar-refractivity contribution in [3.63, 3.8) is 0 Å². The molecule has 2 aromatic rings. The molecule has 0 aliphatic carbocycles. The maximum Gasteiger partial charge on any atom is 0.330 e. The highest BCUT2D eigenvalue weighted by Crippen LogP contribution is 2.22. The fourth-order valence-electron chi connectivity index (χ4n) is 5.09. The van der Waals surface area contributed by atoms with Gasteiger partial charge in [-0.2, -0.15) is 0 Å². The van der Waals surface area contributed by atoms with E-state index in [0.717, 1.165) is 22.0 Å². The van der Waals surface area contributed by atoms with Crippen molar-refractivity contribution in [1.29, 1.82) is 0 Å². The number of fused-ring (bicyclic) bond motifs is 1. The van der Waals surface area contributed by atoms with Gasteiger partial charge in [0.25, 0.3) is 0 Å². The molecule has 1 aliphatic heterocycles. The van der Waals surface area contributed by atoms with E-state index in [1.165, 1.54) is 89.2 Å². The third kappa shape index (κ3) is 7.78. The lowest BCUT2D eigenvalue weighted by molar-refractivity contribution is -0.917. The predicted octanol–water partition coefficient (Wildman–Crippen LogP) is 7.15. The Labute approximate surface area is 195 Å². The molecule has 0 amide bonds. The van der Waals surface area contributed by atoms with E-state index in [1.54, 1.807) is 6.08 Å². The van der Waals surface area contributed by atoms with Crippen LogP contribution in [-0.4, -0.2) is 43.2 Å². The summed E-state index contributed by atoms with van der Waals surface area (Å²) >= 11 is 0. The molecule has 1 fully saturated rings. The van der Waals surface area contributed by atoms with Gasteiger partial charge in [0.1, 0.15) is 13.2 Å². The summed E-state index contributed by atoms with van der Waals surface area (Å²) in [6, 6.07) is 14.4. The van der Waals surface area contributed by atoms with Gasteiger partial charge in [-0.05, 0) is 35.3 Å². The molecule has 3 rings (SSSR count). The Morgan fingerprint density at radius 3 is 2.34 bits per heavy atom. The van der Waals surface area contributed by atoms with Crippen molar-refractivity contribution >= 4 is 22.8 Å². The predicted molar refractivity (Wildman–Crippen MR) is 136 cm³/mol. The monoisotopic (exact) mass is 436 g/mol. The first kappa shape index (κ1) is 24.5. The molecule has 0 bridgehead atoms. The van der Waals surface area contributed by atoms with E-state index >= 15 is 0 Å². The summed E-state index contributed by atoms with van der Waals surface area (Å²) in [6.45, 7) is 7.51. The summed E-state index contributed by atoms with van der Waals surface area (Å²) in [5.41, 5.74) is 1.05. The molecule has 2 aromatic carbocycles. The van der Waals surface area contributed by atoms with Crippen LogP contribution >= 0.6 is 0 Å². The highest BCUT2D eigenvalue weighted by atomic mass is 16.5. The molecule has 3 nitrogen and oxygen atoms in total. The first-order chi connectivity index (χ1) is 15.7. The maximum atomic E-state index is 12.3. The van der Waals surface area contributed by atoms with Gasteiger partial charge in [0.05, 0.1) is 19.6 Å². The van der Waals surface area contributed by atoms with Gasteiger partial charge >= 0.3 is 5.97 Å². The summed E-state index contributed by atoms with van der Waals surface area (Å²) in [5, 5.41) is 2.34. The van der Waals surface area contributed by atoms with Crippen molar-refractivity contribution in [2.75, 3.05) is 32.8 Å². The quantitative estimate of drug-likeness (QED) is 0.136. The third-order valence-corrected chi connectivity index (χ3v) is 7.03. The molecule has 0 unspecified atom stereocenters. The minimum Gasteiger partial charge on any atom is -0.457 e. The lowest BCUT2D eigenvalue weighted by Gasteiger charge is -2.34.